The van der Waals surface area contributed by atoms with Crippen molar-refractivity contribution in [3.63, 3.8) is 0 Å². The van der Waals surface area contributed by atoms with Gasteiger partial charge in [-0.1, -0.05) is 18.2 Å². The zero-order valence-corrected chi connectivity index (χ0v) is 11.6. The lowest BCUT2D eigenvalue weighted by Crippen LogP contribution is -2.11. The van der Waals surface area contributed by atoms with Crippen molar-refractivity contribution in [1.29, 1.82) is 0 Å². The van der Waals surface area contributed by atoms with Crippen LogP contribution in [0.3, 0.4) is 0 Å². The largest absolute Gasteiger partial charge is 0.497 e. The van der Waals surface area contributed by atoms with Gasteiger partial charge < -0.3 is 14.6 Å². The van der Waals surface area contributed by atoms with Crippen molar-refractivity contribution in [2.24, 2.45) is 0 Å². The van der Waals surface area contributed by atoms with E-state index in [-0.39, 0.29) is 6.10 Å². The van der Waals surface area contributed by atoms with Crippen molar-refractivity contribution in [1.82, 2.24) is 0 Å². The first-order valence-corrected chi connectivity index (χ1v) is 6.47. The molecular weight excluding hydrogens is 240 g/mol. The Bertz CT molecular complexity index is 549. The predicted octanol–water partition coefficient (Wildman–Crippen LogP) is 3.31. The Morgan fingerprint density at radius 3 is 2.42 bits per heavy atom. The quantitative estimate of drug-likeness (QED) is 0.896. The highest BCUT2D eigenvalue weighted by Gasteiger charge is 2.09. The minimum atomic E-state index is -0.589. The third-order valence-corrected chi connectivity index (χ3v) is 3.04. The number of methoxy groups -OCH3 is 1. The molecule has 0 radical (unpaired) electrons. The van der Waals surface area contributed by atoms with Crippen molar-refractivity contribution < 1.29 is 14.6 Å². The van der Waals surface area contributed by atoms with Crippen LogP contribution in [0.1, 0.15) is 25.5 Å². The van der Waals surface area contributed by atoms with E-state index < -0.39 is 6.10 Å². The van der Waals surface area contributed by atoms with Gasteiger partial charge in [0.15, 0.2) is 0 Å². The summed E-state index contributed by atoms with van der Waals surface area (Å²) in [7, 11) is 1.66. The molecule has 0 saturated carbocycles. The summed E-state index contributed by atoms with van der Waals surface area (Å²) in [6.07, 6.45) is -0.465. The van der Waals surface area contributed by atoms with Crippen LogP contribution in [-0.4, -0.2) is 24.9 Å². The first-order chi connectivity index (χ1) is 9.10. The van der Waals surface area contributed by atoms with E-state index in [1.165, 1.54) is 0 Å². The van der Waals surface area contributed by atoms with Gasteiger partial charge in [0.1, 0.15) is 11.9 Å². The number of aliphatic hydroxyl groups excluding tert-OH is 1. The topological polar surface area (TPSA) is 38.7 Å². The van der Waals surface area contributed by atoms with Gasteiger partial charge in [-0.25, -0.2) is 0 Å². The summed E-state index contributed by atoms with van der Waals surface area (Å²) in [5.41, 5.74) is 0.873. The molecule has 0 aliphatic rings. The summed E-state index contributed by atoms with van der Waals surface area (Å²) in [6, 6.07) is 11.8. The van der Waals surface area contributed by atoms with E-state index in [1.807, 2.05) is 50.2 Å². The molecular formula is C16H20O3. The Balaban J connectivity index is 2.21. The molecule has 1 N–H and O–H groups in total. The standard InChI is InChI=1S/C16H20O3/c1-11(2)19-10-16(17)14-5-4-13-9-15(18-3)7-6-12(13)8-14/h4-9,11,16-17H,10H2,1-3H3. The average Bonchev–Trinajstić information content (AvgIpc) is 2.43. The number of benzene rings is 2. The zero-order valence-electron chi connectivity index (χ0n) is 11.6. The fourth-order valence-electron chi connectivity index (χ4n) is 1.96. The third-order valence-electron chi connectivity index (χ3n) is 3.04. The maximum absolute atomic E-state index is 10.1. The number of rotatable bonds is 5. The highest BCUT2D eigenvalue weighted by molar-refractivity contribution is 5.84. The summed E-state index contributed by atoms with van der Waals surface area (Å²) < 4.78 is 10.6. The molecule has 0 bridgehead atoms. The molecule has 0 aliphatic carbocycles. The molecule has 102 valence electrons. The second kappa shape index (κ2) is 6.04. The molecule has 0 aliphatic heterocycles. The van der Waals surface area contributed by atoms with Crippen LogP contribution in [0.15, 0.2) is 36.4 Å². The van der Waals surface area contributed by atoms with E-state index in [2.05, 4.69) is 0 Å². The minimum absolute atomic E-state index is 0.124. The Morgan fingerprint density at radius 1 is 1.05 bits per heavy atom. The Morgan fingerprint density at radius 2 is 1.74 bits per heavy atom. The lowest BCUT2D eigenvalue weighted by molar-refractivity contribution is 0.00498. The maximum Gasteiger partial charge on any atom is 0.119 e. The third kappa shape index (κ3) is 3.46. The molecule has 1 unspecified atom stereocenters. The average molecular weight is 260 g/mol. The normalized spacial score (nSPS) is 12.9. The highest BCUT2D eigenvalue weighted by atomic mass is 16.5. The zero-order chi connectivity index (χ0) is 13.8. The van der Waals surface area contributed by atoms with Gasteiger partial charge in [-0.05, 0) is 48.4 Å². The molecule has 0 heterocycles. The Labute approximate surface area is 113 Å². The van der Waals surface area contributed by atoms with Crippen molar-refractivity contribution >= 4 is 10.8 Å². The van der Waals surface area contributed by atoms with Gasteiger partial charge in [0.05, 0.1) is 19.8 Å². The fraction of sp³-hybridized carbons (Fsp3) is 0.375. The van der Waals surface area contributed by atoms with Crippen LogP contribution in [0.4, 0.5) is 0 Å². The predicted molar refractivity (Wildman–Crippen MR) is 76.5 cm³/mol. The van der Waals surface area contributed by atoms with E-state index in [1.54, 1.807) is 7.11 Å². The Kier molecular flexibility index (Phi) is 4.40. The summed E-state index contributed by atoms with van der Waals surface area (Å²) in [5.74, 6) is 0.837. The molecule has 3 heteroatoms. The van der Waals surface area contributed by atoms with Gasteiger partial charge in [-0.15, -0.1) is 0 Å². The summed E-state index contributed by atoms with van der Waals surface area (Å²) in [6.45, 7) is 4.23. The monoisotopic (exact) mass is 260 g/mol. The lowest BCUT2D eigenvalue weighted by Gasteiger charge is -2.14. The number of aliphatic hydroxyl groups is 1. The Hall–Kier alpha value is -1.58. The molecule has 19 heavy (non-hydrogen) atoms. The van der Waals surface area contributed by atoms with Gasteiger partial charge in [-0.2, -0.15) is 0 Å². The number of hydrogen-bond donors (Lipinski definition) is 1. The molecule has 2 aromatic carbocycles. The first kappa shape index (κ1) is 13.8. The molecule has 0 amide bonds. The van der Waals surface area contributed by atoms with E-state index in [4.69, 9.17) is 9.47 Å². The lowest BCUT2D eigenvalue weighted by atomic mass is 10.0. The van der Waals surface area contributed by atoms with Crippen molar-refractivity contribution in [2.45, 2.75) is 26.1 Å². The second-order valence-corrected chi connectivity index (χ2v) is 4.87. The maximum atomic E-state index is 10.1. The smallest absolute Gasteiger partial charge is 0.119 e. The van der Waals surface area contributed by atoms with Gasteiger partial charge in [0, 0.05) is 0 Å². The molecule has 0 saturated heterocycles. The first-order valence-electron chi connectivity index (χ1n) is 6.47. The van der Waals surface area contributed by atoms with Crippen molar-refractivity contribution in [3.8, 4) is 5.75 Å². The van der Waals surface area contributed by atoms with Gasteiger partial charge in [0.2, 0.25) is 0 Å². The SMILES string of the molecule is COc1ccc2cc(C(O)COC(C)C)ccc2c1. The summed E-state index contributed by atoms with van der Waals surface area (Å²) in [5, 5.41) is 12.3. The van der Waals surface area contributed by atoms with Gasteiger partial charge in [-0.3, -0.25) is 0 Å². The van der Waals surface area contributed by atoms with Crippen LogP contribution in [0, 0.1) is 0 Å². The number of hydrogen-bond acceptors (Lipinski definition) is 3. The number of fused-ring (bicyclic) bond motifs is 1. The molecule has 3 nitrogen and oxygen atoms in total. The molecule has 0 spiro atoms. The number of ether oxygens (including phenoxy) is 2. The van der Waals surface area contributed by atoms with Crippen LogP contribution in [0.2, 0.25) is 0 Å². The van der Waals surface area contributed by atoms with Crippen LogP contribution in [0.5, 0.6) is 5.75 Å². The van der Waals surface area contributed by atoms with E-state index >= 15 is 0 Å². The van der Waals surface area contributed by atoms with Crippen molar-refractivity contribution in [3.05, 3.63) is 42.0 Å². The van der Waals surface area contributed by atoms with Gasteiger partial charge >= 0.3 is 0 Å². The van der Waals surface area contributed by atoms with Crippen LogP contribution in [-0.2, 0) is 4.74 Å². The molecule has 0 aromatic heterocycles. The molecule has 2 aromatic rings. The highest BCUT2D eigenvalue weighted by Crippen LogP contribution is 2.24. The van der Waals surface area contributed by atoms with Crippen LogP contribution >= 0.6 is 0 Å². The molecule has 1 atom stereocenters. The van der Waals surface area contributed by atoms with E-state index in [0.29, 0.717) is 6.61 Å². The fourth-order valence-corrected chi connectivity index (χ4v) is 1.96. The second-order valence-electron chi connectivity index (χ2n) is 4.87. The van der Waals surface area contributed by atoms with Crippen LogP contribution < -0.4 is 4.74 Å². The van der Waals surface area contributed by atoms with Crippen molar-refractivity contribution in [2.75, 3.05) is 13.7 Å². The van der Waals surface area contributed by atoms with E-state index in [9.17, 15) is 5.11 Å². The molecule has 2 rings (SSSR count). The summed E-state index contributed by atoms with van der Waals surface area (Å²) in [4.78, 5) is 0. The minimum Gasteiger partial charge on any atom is -0.497 e. The summed E-state index contributed by atoms with van der Waals surface area (Å²) >= 11 is 0. The van der Waals surface area contributed by atoms with Gasteiger partial charge in [0.25, 0.3) is 0 Å². The molecule has 0 fully saturated rings. The van der Waals surface area contributed by atoms with Crippen LogP contribution in [0.25, 0.3) is 10.8 Å². The van der Waals surface area contributed by atoms with E-state index in [0.717, 1.165) is 22.1 Å².